The topological polar surface area (TPSA) is 64.7 Å². The van der Waals surface area contributed by atoms with Crippen LogP contribution in [0.1, 0.15) is 60.8 Å². The first-order chi connectivity index (χ1) is 12.4. The lowest BCUT2D eigenvalue weighted by atomic mass is 9.79. The number of carbonyl (C=O) groups is 2. The van der Waals surface area contributed by atoms with Crippen molar-refractivity contribution in [3.05, 3.63) is 11.6 Å². The molecule has 0 spiro atoms. The third-order valence-corrected chi connectivity index (χ3v) is 5.65. The molecule has 0 bridgehead atoms. The lowest BCUT2D eigenvalue weighted by molar-refractivity contribution is -0.140. The largest absolute Gasteiger partial charge is 0.353 e. The normalized spacial score (nSPS) is 25.6. The van der Waals surface area contributed by atoms with Crippen molar-refractivity contribution in [3.63, 3.8) is 0 Å². The number of amides is 2. The first-order valence-electron chi connectivity index (χ1n) is 10.1. The summed E-state index contributed by atoms with van der Waals surface area (Å²) in [6.07, 6.45) is 4.19. The number of piperazine rings is 1. The molecular weight excluding hydrogens is 340 g/mol. The van der Waals surface area contributed by atoms with Gasteiger partial charge in [-0.1, -0.05) is 11.6 Å². The van der Waals surface area contributed by atoms with Crippen LogP contribution in [0, 0.1) is 0 Å². The molecule has 0 saturated carbocycles. The highest BCUT2D eigenvalue weighted by atomic mass is 16.2. The Labute approximate surface area is 164 Å². The van der Waals surface area contributed by atoms with Crippen molar-refractivity contribution < 1.29 is 9.59 Å². The molecule has 0 unspecified atom stereocenters. The highest BCUT2D eigenvalue weighted by molar-refractivity contribution is 5.89. The van der Waals surface area contributed by atoms with Crippen molar-refractivity contribution >= 4 is 11.8 Å². The number of rotatable bonds is 5. The van der Waals surface area contributed by atoms with Gasteiger partial charge in [-0.05, 0) is 54.4 Å². The molecule has 2 fully saturated rings. The molecule has 2 aliphatic heterocycles. The van der Waals surface area contributed by atoms with E-state index < -0.39 is 0 Å². The number of hydrogen-bond donors (Lipinski definition) is 2. The zero-order valence-electron chi connectivity index (χ0n) is 18.2. The second-order valence-electron chi connectivity index (χ2n) is 9.75. The van der Waals surface area contributed by atoms with E-state index in [2.05, 4.69) is 63.2 Å². The third-order valence-electron chi connectivity index (χ3n) is 5.65. The van der Waals surface area contributed by atoms with Gasteiger partial charge in [-0.15, -0.1) is 0 Å². The van der Waals surface area contributed by atoms with Crippen LogP contribution in [0.3, 0.4) is 0 Å². The quantitative estimate of drug-likeness (QED) is 0.718. The molecule has 0 aliphatic carbocycles. The predicted octanol–water partition coefficient (Wildman–Crippen LogP) is 1.91. The van der Waals surface area contributed by atoms with E-state index in [4.69, 9.17) is 0 Å². The second kappa shape index (κ2) is 8.31. The summed E-state index contributed by atoms with van der Waals surface area (Å²) in [5.74, 6) is 0.0221. The molecule has 2 amide bonds. The highest BCUT2D eigenvalue weighted by Gasteiger charge is 2.41. The summed E-state index contributed by atoms with van der Waals surface area (Å²) in [7, 11) is 1.89. The summed E-state index contributed by atoms with van der Waals surface area (Å²) < 4.78 is 0. The van der Waals surface area contributed by atoms with Gasteiger partial charge in [0.25, 0.3) is 0 Å². The predicted molar refractivity (Wildman–Crippen MR) is 110 cm³/mol. The average Bonchev–Trinajstić information content (AvgIpc) is 2.51. The summed E-state index contributed by atoms with van der Waals surface area (Å²) in [6.45, 7) is 15.0. The van der Waals surface area contributed by atoms with Crippen LogP contribution >= 0.6 is 0 Å². The third kappa shape index (κ3) is 6.04. The molecule has 2 saturated heterocycles. The second-order valence-corrected chi connectivity index (χ2v) is 9.75. The maximum absolute atomic E-state index is 13.0. The Morgan fingerprint density at radius 3 is 2.37 bits per heavy atom. The summed E-state index contributed by atoms with van der Waals surface area (Å²) in [6, 6.07) is -0.200. The molecule has 2 N–H and O–H groups in total. The van der Waals surface area contributed by atoms with Crippen LogP contribution in [0.2, 0.25) is 0 Å². The minimum Gasteiger partial charge on any atom is -0.353 e. The van der Waals surface area contributed by atoms with Gasteiger partial charge in [0.05, 0.1) is 12.5 Å². The zero-order chi connectivity index (χ0) is 20.4. The monoisotopic (exact) mass is 378 g/mol. The molecule has 0 aromatic heterocycles. The first-order valence-corrected chi connectivity index (χ1v) is 10.1. The van der Waals surface area contributed by atoms with Gasteiger partial charge in [-0.2, -0.15) is 0 Å². The summed E-state index contributed by atoms with van der Waals surface area (Å²) >= 11 is 0. The van der Waals surface area contributed by atoms with E-state index in [0.29, 0.717) is 13.1 Å². The summed E-state index contributed by atoms with van der Waals surface area (Å²) in [5.41, 5.74) is 1.19. The van der Waals surface area contributed by atoms with Gasteiger partial charge in [0, 0.05) is 43.8 Å². The molecule has 1 atom stereocenters. The van der Waals surface area contributed by atoms with E-state index in [1.807, 2.05) is 11.9 Å². The SMILES string of the molecule is CC(C)=CCN1CCNC(=O)[C@H]1CC(=O)N(C)C1CC(C)(C)NC(C)(C)C1. The van der Waals surface area contributed by atoms with E-state index in [0.717, 1.165) is 19.4 Å². The maximum Gasteiger partial charge on any atom is 0.237 e. The van der Waals surface area contributed by atoms with E-state index in [-0.39, 0.29) is 41.4 Å². The maximum atomic E-state index is 13.0. The lowest BCUT2D eigenvalue weighted by Gasteiger charge is -2.49. The molecule has 6 nitrogen and oxygen atoms in total. The van der Waals surface area contributed by atoms with Crippen LogP contribution in [0.15, 0.2) is 11.6 Å². The van der Waals surface area contributed by atoms with E-state index in [1.165, 1.54) is 5.57 Å². The molecule has 0 radical (unpaired) electrons. The fraction of sp³-hybridized carbons (Fsp3) is 0.810. The molecular formula is C21H38N4O2. The van der Waals surface area contributed by atoms with Crippen LogP contribution in [0.5, 0.6) is 0 Å². The number of nitrogens with one attached hydrogen (secondary N) is 2. The fourth-order valence-corrected chi connectivity index (χ4v) is 4.56. The van der Waals surface area contributed by atoms with Crippen molar-refractivity contribution in [2.24, 2.45) is 0 Å². The van der Waals surface area contributed by atoms with Gasteiger partial charge in [0.15, 0.2) is 0 Å². The first kappa shape index (κ1) is 21.9. The van der Waals surface area contributed by atoms with E-state index >= 15 is 0 Å². The Morgan fingerprint density at radius 2 is 1.81 bits per heavy atom. The molecule has 2 heterocycles. The number of allylic oxidation sites excluding steroid dienone is 1. The minimum atomic E-state index is -0.382. The van der Waals surface area contributed by atoms with Crippen molar-refractivity contribution in [3.8, 4) is 0 Å². The standard InChI is InChI=1S/C21H38N4O2/c1-15(2)8-10-25-11-9-22-19(27)17(25)12-18(26)24(7)16-13-20(3,4)23-21(5,6)14-16/h8,16-17,23H,9-14H2,1-7H3,(H,22,27)/t17-/m1/s1. The minimum absolute atomic E-state index is 0.0152. The van der Waals surface area contributed by atoms with Gasteiger partial charge in [0.2, 0.25) is 11.8 Å². The Hall–Kier alpha value is -1.40. The van der Waals surface area contributed by atoms with Crippen LogP contribution in [-0.4, -0.2) is 71.5 Å². The van der Waals surface area contributed by atoms with Gasteiger partial charge >= 0.3 is 0 Å². The number of nitrogens with zero attached hydrogens (tertiary/aromatic N) is 2. The number of hydrogen-bond acceptors (Lipinski definition) is 4. The smallest absolute Gasteiger partial charge is 0.237 e. The van der Waals surface area contributed by atoms with Crippen molar-refractivity contribution in [1.82, 2.24) is 20.4 Å². The van der Waals surface area contributed by atoms with Gasteiger partial charge in [-0.3, -0.25) is 14.5 Å². The zero-order valence-corrected chi connectivity index (χ0v) is 18.2. The molecule has 6 heteroatoms. The van der Waals surface area contributed by atoms with Crippen molar-refractivity contribution in [2.45, 2.75) is 84.0 Å². The molecule has 27 heavy (non-hydrogen) atoms. The average molecular weight is 379 g/mol. The van der Waals surface area contributed by atoms with Crippen molar-refractivity contribution in [1.29, 1.82) is 0 Å². The molecule has 0 aromatic carbocycles. The fourth-order valence-electron chi connectivity index (χ4n) is 4.56. The lowest BCUT2D eigenvalue weighted by Crippen LogP contribution is -2.63. The van der Waals surface area contributed by atoms with Gasteiger partial charge in [-0.25, -0.2) is 0 Å². The van der Waals surface area contributed by atoms with E-state index in [9.17, 15) is 9.59 Å². The van der Waals surface area contributed by atoms with Gasteiger partial charge < -0.3 is 15.5 Å². The summed E-state index contributed by atoms with van der Waals surface area (Å²) in [5, 5.41) is 6.58. The Balaban J connectivity index is 2.06. The Bertz CT molecular complexity index is 577. The van der Waals surface area contributed by atoms with Crippen molar-refractivity contribution in [2.75, 3.05) is 26.7 Å². The summed E-state index contributed by atoms with van der Waals surface area (Å²) in [4.78, 5) is 29.5. The highest BCUT2D eigenvalue weighted by Crippen LogP contribution is 2.31. The van der Waals surface area contributed by atoms with Crippen LogP contribution < -0.4 is 10.6 Å². The number of piperidine rings is 1. The van der Waals surface area contributed by atoms with E-state index in [1.54, 1.807) is 0 Å². The van der Waals surface area contributed by atoms with Crippen LogP contribution in [0.25, 0.3) is 0 Å². The Morgan fingerprint density at radius 1 is 1.22 bits per heavy atom. The van der Waals surface area contributed by atoms with Crippen LogP contribution in [0.4, 0.5) is 0 Å². The molecule has 2 rings (SSSR count). The van der Waals surface area contributed by atoms with Crippen LogP contribution in [-0.2, 0) is 9.59 Å². The molecule has 154 valence electrons. The molecule has 0 aromatic rings. The Kier molecular flexibility index (Phi) is 6.74. The molecule has 2 aliphatic rings. The number of carbonyl (C=O) groups excluding carboxylic acids is 2. The van der Waals surface area contributed by atoms with Gasteiger partial charge in [0.1, 0.15) is 0 Å².